The van der Waals surface area contributed by atoms with Gasteiger partial charge < -0.3 is 9.80 Å². The topological polar surface area (TPSA) is 80.0 Å². The second-order valence-corrected chi connectivity index (χ2v) is 8.17. The SMILES string of the molecule is Cc1cc(C(=O)N2CCN(c3ncc(C(F)(F)F)c(Cl)n3)CC[C@H]2C)ccc1-n1nccn1. The molecule has 2 aromatic heterocycles. The van der Waals surface area contributed by atoms with Crippen LogP contribution in [-0.4, -0.2) is 61.4 Å². The molecule has 0 N–H and O–H groups in total. The molecule has 0 spiro atoms. The second-order valence-electron chi connectivity index (χ2n) is 7.82. The maximum atomic E-state index is 13.3. The Morgan fingerprint density at radius 1 is 1.15 bits per heavy atom. The van der Waals surface area contributed by atoms with Gasteiger partial charge in [0.1, 0.15) is 10.7 Å². The van der Waals surface area contributed by atoms with Gasteiger partial charge in [-0.25, -0.2) is 9.97 Å². The van der Waals surface area contributed by atoms with Gasteiger partial charge in [0.2, 0.25) is 5.95 Å². The van der Waals surface area contributed by atoms with Gasteiger partial charge in [0, 0.05) is 37.4 Å². The summed E-state index contributed by atoms with van der Waals surface area (Å²) in [5.41, 5.74) is 1.10. The summed E-state index contributed by atoms with van der Waals surface area (Å²) < 4.78 is 38.8. The van der Waals surface area contributed by atoms with Crippen molar-refractivity contribution >= 4 is 23.5 Å². The predicted molar refractivity (Wildman–Crippen MR) is 115 cm³/mol. The average molecular weight is 480 g/mol. The molecule has 0 saturated carbocycles. The summed E-state index contributed by atoms with van der Waals surface area (Å²) in [5, 5.41) is 7.60. The molecule has 1 atom stereocenters. The number of aromatic nitrogens is 5. The van der Waals surface area contributed by atoms with Gasteiger partial charge in [-0.05, 0) is 44.0 Å². The molecular formula is C21H21ClF3N7O. The lowest BCUT2D eigenvalue weighted by molar-refractivity contribution is -0.137. The first-order valence-corrected chi connectivity index (χ1v) is 10.7. The van der Waals surface area contributed by atoms with Crippen molar-refractivity contribution in [3.63, 3.8) is 0 Å². The summed E-state index contributed by atoms with van der Waals surface area (Å²) in [5.74, 6) is -0.0137. The van der Waals surface area contributed by atoms with Gasteiger partial charge >= 0.3 is 6.18 Å². The van der Waals surface area contributed by atoms with E-state index in [0.29, 0.717) is 37.8 Å². The van der Waals surface area contributed by atoms with E-state index in [2.05, 4.69) is 20.2 Å². The Morgan fingerprint density at radius 3 is 2.52 bits per heavy atom. The minimum absolute atomic E-state index is 0.0832. The largest absolute Gasteiger partial charge is 0.420 e. The third-order valence-corrected chi connectivity index (χ3v) is 5.90. The van der Waals surface area contributed by atoms with E-state index in [1.54, 1.807) is 40.4 Å². The van der Waals surface area contributed by atoms with Crippen molar-refractivity contribution in [1.29, 1.82) is 0 Å². The number of rotatable bonds is 3. The van der Waals surface area contributed by atoms with Crippen molar-refractivity contribution in [3.8, 4) is 5.69 Å². The zero-order chi connectivity index (χ0) is 23.8. The Kier molecular flexibility index (Phi) is 6.24. The second kappa shape index (κ2) is 8.97. The van der Waals surface area contributed by atoms with Gasteiger partial charge in [0.05, 0.1) is 18.1 Å². The first-order chi connectivity index (χ1) is 15.6. The van der Waals surface area contributed by atoms with Gasteiger partial charge in [0.15, 0.2) is 0 Å². The molecule has 1 aromatic carbocycles. The first-order valence-electron chi connectivity index (χ1n) is 10.3. The number of amides is 1. The lowest BCUT2D eigenvalue weighted by Crippen LogP contribution is -2.40. The molecule has 4 rings (SSSR count). The summed E-state index contributed by atoms with van der Waals surface area (Å²) >= 11 is 5.75. The molecule has 0 aliphatic carbocycles. The molecular weight excluding hydrogens is 459 g/mol. The first kappa shape index (κ1) is 23.0. The minimum Gasteiger partial charge on any atom is -0.339 e. The van der Waals surface area contributed by atoms with E-state index >= 15 is 0 Å². The van der Waals surface area contributed by atoms with Crippen molar-refractivity contribution < 1.29 is 18.0 Å². The molecule has 1 aliphatic heterocycles. The summed E-state index contributed by atoms with van der Waals surface area (Å²) in [6.07, 6.45) is -0.163. The zero-order valence-corrected chi connectivity index (χ0v) is 18.7. The van der Waals surface area contributed by atoms with Crippen LogP contribution in [0.4, 0.5) is 19.1 Å². The van der Waals surface area contributed by atoms with E-state index in [0.717, 1.165) is 11.3 Å². The lowest BCUT2D eigenvalue weighted by atomic mass is 10.1. The number of anilines is 1. The van der Waals surface area contributed by atoms with Gasteiger partial charge in [-0.3, -0.25) is 4.79 Å². The molecule has 33 heavy (non-hydrogen) atoms. The van der Waals surface area contributed by atoms with E-state index < -0.39 is 16.9 Å². The summed E-state index contributed by atoms with van der Waals surface area (Å²) in [4.78, 5) is 26.0. The maximum Gasteiger partial charge on any atom is 0.420 e. The average Bonchev–Trinajstić information content (AvgIpc) is 3.22. The third kappa shape index (κ3) is 4.77. The highest BCUT2D eigenvalue weighted by Crippen LogP contribution is 2.34. The maximum absolute atomic E-state index is 13.3. The van der Waals surface area contributed by atoms with Crippen LogP contribution in [-0.2, 0) is 6.18 Å². The van der Waals surface area contributed by atoms with Crippen molar-refractivity contribution in [1.82, 2.24) is 29.9 Å². The van der Waals surface area contributed by atoms with Crippen molar-refractivity contribution in [2.75, 3.05) is 24.5 Å². The van der Waals surface area contributed by atoms with E-state index in [1.165, 1.54) is 4.80 Å². The highest BCUT2D eigenvalue weighted by molar-refractivity contribution is 6.30. The molecule has 1 fully saturated rings. The number of halogens is 4. The smallest absolute Gasteiger partial charge is 0.339 e. The van der Waals surface area contributed by atoms with Gasteiger partial charge in [-0.1, -0.05) is 11.6 Å². The fraction of sp³-hybridized carbons (Fsp3) is 0.381. The molecule has 0 radical (unpaired) electrons. The van der Waals surface area contributed by atoms with E-state index in [4.69, 9.17) is 11.6 Å². The van der Waals surface area contributed by atoms with Gasteiger partial charge in [0.25, 0.3) is 5.91 Å². The predicted octanol–water partition coefficient (Wildman–Crippen LogP) is 3.78. The van der Waals surface area contributed by atoms with Crippen LogP contribution in [0.5, 0.6) is 0 Å². The van der Waals surface area contributed by atoms with Crippen molar-refractivity contribution in [3.05, 3.63) is 58.6 Å². The van der Waals surface area contributed by atoms with E-state index in [1.807, 2.05) is 13.8 Å². The Hall–Kier alpha value is -3.21. The fourth-order valence-electron chi connectivity index (χ4n) is 3.77. The van der Waals surface area contributed by atoms with Crippen LogP contribution in [0.1, 0.15) is 34.8 Å². The molecule has 12 heteroatoms. The highest BCUT2D eigenvalue weighted by Gasteiger charge is 2.35. The van der Waals surface area contributed by atoms with Gasteiger partial charge in [-0.15, -0.1) is 0 Å². The molecule has 3 aromatic rings. The number of nitrogens with zero attached hydrogens (tertiary/aromatic N) is 7. The Morgan fingerprint density at radius 2 is 1.88 bits per heavy atom. The zero-order valence-electron chi connectivity index (χ0n) is 17.9. The molecule has 174 valence electrons. The van der Waals surface area contributed by atoms with Crippen LogP contribution < -0.4 is 4.90 Å². The van der Waals surface area contributed by atoms with Crippen LogP contribution >= 0.6 is 11.6 Å². The molecule has 3 heterocycles. The van der Waals surface area contributed by atoms with Crippen LogP contribution in [0, 0.1) is 6.92 Å². The summed E-state index contributed by atoms with van der Waals surface area (Å²) in [6, 6.07) is 5.26. The van der Waals surface area contributed by atoms with Crippen LogP contribution in [0.3, 0.4) is 0 Å². The Balaban J connectivity index is 1.50. The summed E-state index contributed by atoms with van der Waals surface area (Å²) in [6.45, 7) is 5.04. The summed E-state index contributed by atoms with van der Waals surface area (Å²) in [7, 11) is 0. The minimum atomic E-state index is -4.62. The monoisotopic (exact) mass is 479 g/mol. The molecule has 1 amide bonds. The number of carbonyl (C=O) groups excluding carboxylic acids is 1. The van der Waals surface area contributed by atoms with E-state index in [-0.39, 0.29) is 17.9 Å². The quantitative estimate of drug-likeness (QED) is 0.532. The van der Waals surface area contributed by atoms with Crippen LogP contribution in [0.15, 0.2) is 36.8 Å². The molecule has 0 bridgehead atoms. The number of hydrogen-bond acceptors (Lipinski definition) is 6. The third-order valence-electron chi connectivity index (χ3n) is 5.62. The Bertz CT molecular complexity index is 1150. The number of aryl methyl sites for hydroxylation is 1. The van der Waals surface area contributed by atoms with Crippen molar-refractivity contribution in [2.45, 2.75) is 32.5 Å². The molecule has 1 aliphatic rings. The van der Waals surface area contributed by atoms with Crippen LogP contribution in [0.25, 0.3) is 5.69 Å². The number of alkyl halides is 3. The standard InChI is InChI=1S/C21H21ClF3N7O/c1-13-11-15(3-4-17(13)32-27-6-7-28-32)19(33)31-10-9-30(8-5-14(31)2)20-26-12-16(18(22)29-20)21(23,24)25/h3-4,6-7,11-12,14H,5,8-10H2,1-2H3/t14-/m1/s1. The van der Waals surface area contributed by atoms with E-state index in [9.17, 15) is 18.0 Å². The number of carbonyl (C=O) groups is 1. The Labute approximate surface area is 193 Å². The molecule has 1 saturated heterocycles. The molecule has 8 nitrogen and oxygen atoms in total. The fourth-order valence-corrected chi connectivity index (χ4v) is 4.01. The number of hydrogen-bond donors (Lipinski definition) is 0. The lowest BCUT2D eigenvalue weighted by Gasteiger charge is -2.27. The van der Waals surface area contributed by atoms with Crippen molar-refractivity contribution in [2.24, 2.45) is 0 Å². The van der Waals surface area contributed by atoms with Gasteiger partial charge in [-0.2, -0.15) is 28.2 Å². The highest BCUT2D eigenvalue weighted by atomic mass is 35.5. The van der Waals surface area contributed by atoms with Crippen LogP contribution in [0.2, 0.25) is 5.15 Å². The number of benzene rings is 1. The molecule has 0 unspecified atom stereocenters. The normalized spacial score (nSPS) is 17.2.